The maximum absolute atomic E-state index is 11.1. The number of aromatic carboxylic acids is 1. The maximum atomic E-state index is 11.1. The first-order chi connectivity index (χ1) is 8.61. The minimum absolute atomic E-state index is 0.191. The Hall–Kier alpha value is -2.15. The van der Waals surface area contributed by atoms with Gasteiger partial charge in [-0.1, -0.05) is 0 Å². The van der Waals surface area contributed by atoms with Crippen LogP contribution in [-0.2, 0) is 0 Å². The second kappa shape index (κ2) is 5.01. The first kappa shape index (κ1) is 12.3. The van der Waals surface area contributed by atoms with Crippen LogP contribution in [0.5, 0.6) is 5.88 Å². The number of carboxylic acid groups (broad SMARTS) is 1. The average Bonchev–Trinajstić information content (AvgIpc) is 2.71. The van der Waals surface area contributed by atoms with Crippen molar-refractivity contribution < 1.29 is 14.6 Å². The molecule has 2 aromatic heterocycles. The summed E-state index contributed by atoms with van der Waals surface area (Å²) in [5.74, 6) is -0.496. The number of nitrogens with one attached hydrogen (secondary N) is 1. The van der Waals surface area contributed by atoms with Gasteiger partial charge in [-0.3, -0.25) is 0 Å². The minimum Gasteiger partial charge on any atom is -0.481 e. The Kier molecular flexibility index (Phi) is 3.42. The van der Waals surface area contributed by atoms with Gasteiger partial charge in [-0.15, -0.1) is 0 Å². The number of aromatic nitrogens is 2. The fourth-order valence-electron chi connectivity index (χ4n) is 1.41. The predicted octanol–water partition coefficient (Wildman–Crippen LogP) is 2.30. The Morgan fingerprint density at radius 2 is 2.28 bits per heavy atom. The zero-order chi connectivity index (χ0) is 13.1. The van der Waals surface area contributed by atoms with Crippen molar-refractivity contribution in [3.63, 3.8) is 0 Å². The lowest BCUT2D eigenvalue weighted by atomic mass is 10.2. The molecule has 7 heteroatoms. The molecule has 0 aliphatic carbocycles. The summed E-state index contributed by atoms with van der Waals surface area (Å²) in [4.78, 5) is 15.1. The highest BCUT2D eigenvalue weighted by Crippen LogP contribution is 2.28. The third kappa shape index (κ3) is 2.40. The molecule has 2 rings (SSSR count). The van der Waals surface area contributed by atoms with Crippen LogP contribution in [0.15, 0.2) is 18.3 Å². The van der Waals surface area contributed by atoms with E-state index in [4.69, 9.17) is 9.84 Å². The molecule has 18 heavy (non-hydrogen) atoms. The number of methoxy groups -OCH3 is 1. The van der Waals surface area contributed by atoms with Crippen molar-refractivity contribution in [3.05, 3.63) is 29.6 Å². The lowest BCUT2D eigenvalue weighted by Crippen LogP contribution is -2.01. The van der Waals surface area contributed by atoms with E-state index in [-0.39, 0.29) is 5.56 Å². The van der Waals surface area contributed by atoms with Gasteiger partial charge < -0.3 is 15.2 Å². The molecule has 0 aliphatic heterocycles. The van der Waals surface area contributed by atoms with Gasteiger partial charge in [0.2, 0.25) is 5.88 Å². The van der Waals surface area contributed by atoms with Crippen molar-refractivity contribution in [1.82, 2.24) is 9.36 Å². The Morgan fingerprint density at radius 3 is 2.83 bits per heavy atom. The molecular weight excluding hydrogens is 254 g/mol. The maximum Gasteiger partial charge on any atom is 0.340 e. The summed E-state index contributed by atoms with van der Waals surface area (Å²) in [5.41, 5.74) is 1.37. The minimum atomic E-state index is -0.995. The van der Waals surface area contributed by atoms with E-state index in [1.807, 2.05) is 0 Å². The summed E-state index contributed by atoms with van der Waals surface area (Å²) >= 11 is 1.11. The lowest BCUT2D eigenvalue weighted by molar-refractivity contribution is 0.0697. The number of ether oxygens (including phenoxy) is 1. The van der Waals surface area contributed by atoms with Crippen molar-refractivity contribution in [1.29, 1.82) is 0 Å². The van der Waals surface area contributed by atoms with Crippen LogP contribution >= 0.6 is 11.5 Å². The van der Waals surface area contributed by atoms with E-state index in [0.29, 0.717) is 22.3 Å². The molecule has 0 aromatic carbocycles. The van der Waals surface area contributed by atoms with E-state index in [0.717, 1.165) is 11.5 Å². The van der Waals surface area contributed by atoms with Crippen LogP contribution in [0.3, 0.4) is 0 Å². The van der Waals surface area contributed by atoms with Crippen molar-refractivity contribution in [3.8, 4) is 5.88 Å². The molecule has 0 spiro atoms. The van der Waals surface area contributed by atoms with Gasteiger partial charge in [-0.25, -0.2) is 9.78 Å². The van der Waals surface area contributed by atoms with Gasteiger partial charge in [-0.2, -0.15) is 4.37 Å². The highest BCUT2D eigenvalue weighted by Gasteiger charge is 2.17. The molecule has 0 fully saturated rings. The van der Waals surface area contributed by atoms with E-state index >= 15 is 0 Å². The smallest absolute Gasteiger partial charge is 0.340 e. The van der Waals surface area contributed by atoms with E-state index in [1.165, 1.54) is 7.11 Å². The Labute approximate surface area is 107 Å². The van der Waals surface area contributed by atoms with E-state index in [9.17, 15) is 4.79 Å². The topological polar surface area (TPSA) is 84.3 Å². The monoisotopic (exact) mass is 265 g/mol. The molecule has 0 atom stereocenters. The zero-order valence-corrected chi connectivity index (χ0v) is 10.6. The molecule has 2 aromatic rings. The summed E-state index contributed by atoms with van der Waals surface area (Å²) in [7, 11) is 1.53. The number of nitrogens with zero attached hydrogens (tertiary/aromatic N) is 2. The molecule has 0 unspecified atom stereocenters. The molecule has 0 amide bonds. The highest BCUT2D eigenvalue weighted by atomic mass is 32.1. The van der Waals surface area contributed by atoms with Crippen LogP contribution in [0, 0.1) is 6.92 Å². The van der Waals surface area contributed by atoms with E-state index in [2.05, 4.69) is 14.7 Å². The van der Waals surface area contributed by atoms with Crippen LogP contribution in [0.25, 0.3) is 0 Å². The average molecular weight is 265 g/mol. The summed E-state index contributed by atoms with van der Waals surface area (Å²) in [5, 5.41) is 12.6. The summed E-state index contributed by atoms with van der Waals surface area (Å²) in [6.45, 7) is 1.66. The highest BCUT2D eigenvalue weighted by molar-refractivity contribution is 7.10. The van der Waals surface area contributed by atoms with Crippen LogP contribution < -0.4 is 10.1 Å². The predicted molar refractivity (Wildman–Crippen MR) is 67.9 cm³/mol. The van der Waals surface area contributed by atoms with Gasteiger partial charge in [0.05, 0.1) is 24.7 Å². The second-order valence-electron chi connectivity index (χ2n) is 3.49. The summed E-state index contributed by atoms with van der Waals surface area (Å²) in [6, 6.07) is 3.45. The van der Waals surface area contributed by atoms with Crippen LogP contribution in [0.4, 0.5) is 10.7 Å². The fraction of sp³-hybridized carbons (Fsp3) is 0.182. The number of carbonyl (C=O) groups is 1. The van der Waals surface area contributed by atoms with Gasteiger partial charge in [0.1, 0.15) is 10.6 Å². The largest absolute Gasteiger partial charge is 0.481 e. The second-order valence-corrected chi connectivity index (χ2v) is 4.26. The molecular formula is C11H11N3O3S. The van der Waals surface area contributed by atoms with Gasteiger partial charge in [0.15, 0.2) is 0 Å². The zero-order valence-electron chi connectivity index (χ0n) is 9.80. The van der Waals surface area contributed by atoms with Gasteiger partial charge in [-0.05, 0) is 24.5 Å². The number of hydrogen-bond acceptors (Lipinski definition) is 6. The first-order valence-electron chi connectivity index (χ1n) is 5.08. The van der Waals surface area contributed by atoms with Crippen LogP contribution in [0.1, 0.15) is 16.1 Å². The Bertz CT molecular complexity index is 565. The molecule has 0 saturated carbocycles. The molecule has 0 bridgehead atoms. The van der Waals surface area contributed by atoms with Crippen LogP contribution in [-0.4, -0.2) is 27.5 Å². The standard InChI is InChI=1S/C11H11N3O3S/c1-6-9(11(15)16)10(18-14-6)13-7-3-4-8(17-2)12-5-7/h3-5,13H,1-2H3,(H,15,16). The molecule has 0 saturated heterocycles. The molecule has 6 nitrogen and oxygen atoms in total. The number of rotatable bonds is 4. The normalized spacial score (nSPS) is 10.1. The third-order valence-electron chi connectivity index (χ3n) is 2.28. The van der Waals surface area contributed by atoms with Gasteiger partial charge >= 0.3 is 5.97 Å². The van der Waals surface area contributed by atoms with Gasteiger partial charge in [0.25, 0.3) is 0 Å². The number of pyridine rings is 1. The van der Waals surface area contributed by atoms with E-state index < -0.39 is 5.97 Å². The molecule has 0 radical (unpaired) electrons. The van der Waals surface area contributed by atoms with Crippen molar-refractivity contribution >= 4 is 28.2 Å². The van der Waals surface area contributed by atoms with E-state index in [1.54, 1.807) is 25.3 Å². The Morgan fingerprint density at radius 1 is 1.50 bits per heavy atom. The lowest BCUT2D eigenvalue weighted by Gasteiger charge is -2.05. The molecule has 2 heterocycles. The fourth-order valence-corrected chi connectivity index (χ4v) is 2.22. The number of anilines is 2. The third-order valence-corrected chi connectivity index (χ3v) is 3.13. The van der Waals surface area contributed by atoms with Crippen molar-refractivity contribution in [2.75, 3.05) is 12.4 Å². The number of hydrogen-bond donors (Lipinski definition) is 2. The Balaban J connectivity index is 2.25. The molecule has 94 valence electrons. The quantitative estimate of drug-likeness (QED) is 0.882. The van der Waals surface area contributed by atoms with Crippen LogP contribution in [0.2, 0.25) is 0 Å². The SMILES string of the molecule is COc1ccc(Nc2snc(C)c2C(=O)O)cn1. The first-order valence-corrected chi connectivity index (χ1v) is 5.85. The number of aryl methyl sites for hydroxylation is 1. The van der Waals surface area contributed by atoms with Crippen molar-refractivity contribution in [2.24, 2.45) is 0 Å². The summed E-state index contributed by atoms with van der Waals surface area (Å²) in [6.07, 6.45) is 1.57. The van der Waals surface area contributed by atoms with Crippen molar-refractivity contribution in [2.45, 2.75) is 6.92 Å². The molecule has 2 N–H and O–H groups in total. The molecule has 0 aliphatic rings. The van der Waals surface area contributed by atoms with Gasteiger partial charge in [0, 0.05) is 6.07 Å². The summed E-state index contributed by atoms with van der Waals surface area (Å²) < 4.78 is 8.96. The number of carboxylic acids is 1.